The van der Waals surface area contributed by atoms with E-state index in [4.69, 9.17) is 4.98 Å². The number of anilines is 2. The lowest BCUT2D eigenvalue weighted by atomic mass is 9.98. The molecule has 1 aromatic carbocycles. The van der Waals surface area contributed by atoms with E-state index in [1.807, 2.05) is 12.1 Å². The van der Waals surface area contributed by atoms with E-state index in [-0.39, 0.29) is 11.8 Å². The molecule has 3 aromatic rings. The van der Waals surface area contributed by atoms with Crippen molar-refractivity contribution in [3.05, 3.63) is 66.4 Å². The topological polar surface area (TPSA) is 83.0 Å². The van der Waals surface area contributed by atoms with Crippen molar-refractivity contribution in [3.8, 4) is 11.4 Å². The second-order valence-electron chi connectivity index (χ2n) is 7.93. The van der Waals surface area contributed by atoms with Crippen molar-refractivity contribution in [1.82, 2.24) is 20.3 Å². The van der Waals surface area contributed by atoms with Gasteiger partial charge in [0.05, 0.1) is 0 Å². The van der Waals surface area contributed by atoms with E-state index >= 15 is 0 Å². The van der Waals surface area contributed by atoms with E-state index < -0.39 is 0 Å². The Hall–Kier alpha value is -3.55. The smallest absolute Gasteiger partial charge is 0.319 e. The third-order valence-corrected chi connectivity index (χ3v) is 5.54. The molecule has 8 heteroatoms. The zero-order valence-electron chi connectivity index (χ0n) is 18.1. The molecule has 1 saturated heterocycles. The minimum atomic E-state index is -0.381. The highest BCUT2D eigenvalue weighted by Gasteiger charge is 2.22. The molecule has 1 unspecified atom stereocenters. The van der Waals surface area contributed by atoms with Crippen LogP contribution < -0.4 is 15.5 Å². The summed E-state index contributed by atoms with van der Waals surface area (Å²) >= 11 is 0. The summed E-state index contributed by atoms with van der Waals surface area (Å²) < 4.78 is 13.3. The predicted octanol–water partition coefficient (Wildman–Crippen LogP) is 4.28. The minimum Gasteiger partial charge on any atom is -0.356 e. The maximum Gasteiger partial charge on any atom is 0.319 e. The summed E-state index contributed by atoms with van der Waals surface area (Å²) in [5, 5.41) is 5.59. The molecule has 0 spiro atoms. The molecule has 2 amide bonds. The van der Waals surface area contributed by atoms with Crippen molar-refractivity contribution < 1.29 is 9.18 Å². The van der Waals surface area contributed by atoms with E-state index in [2.05, 4.69) is 38.5 Å². The van der Waals surface area contributed by atoms with Crippen molar-refractivity contribution in [2.24, 2.45) is 5.92 Å². The number of hydrogen-bond donors (Lipinski definition) is 2. The third-order valence-electron chi connectivity index (χ3n) is 5.54. The number of carbonyl (C=O) groups excluding carboxylic acids is 1. The van der Waals surface area contributed by atoms with E-state index in [1.165, 1.54) is 12.1 Å². The standard InChI is InChI=1S/C24H27FN6O/c1-2-20-14-22(30-23(28-20)18-8-10-26-11-9-18)31-12-4-5-17(16-31)15-27-24(32)29-21-7-3-6-19(25)13-21/h3,6-11,13-14,17H,2,4-5,12,15-16H2,1H3,(H2,27,29,32). The van der Waals surface area contributed by atoms with Gasteiger partial charge >= 0.3 is 6.03 Å². The van der Waals surface area contributed by atoms with Crippen LogP contribution >= 0.6 is 0 Å². The van der Waals surface area contributed by atoms with Crippen molar-refractivity contribution in [2.75, 3.05) is 29.9 Å². The summed E-state index contributed by atoms with van der Waals surface area (Å²) in [5.74, 6) is 1.54. The first kappa shape index (κ1) is 21.7. The molecular weight excluding hydrogens is 407 g/mol. The summed E-state index contributed by atoms with van der Waals surface area (Å²) in [7, 11) is 0. The van der Waals surface area contributed by atoms with Crippen molar-refractivity contribution in [1.29, 1.82) is 0 Å². The van der Waals surface area contributed by atoms with Crippen LogP contribution in [0, 0.1) is 11.7 Å². The lowest BCUT2D eigenvalue weighted by Gasteiger charge is -2.34. The molecule has 32 heavy (non-hydrogen) atoms. The molecule has 166 valence electrons. The first-order valence-corrected chi connectivity index (χ1v) is 10.9. The molecular formula is C24H27FN6O. The number of carbonyl (C=O) groups is 1. The number of nitrogens with one attached hydrogen (secondary N) is 2. The number of urea groups is 1. The van der Waals surface area contributed by atoms with Crippen molar-refractivity contribution in [3.63, 3.8) is 0 Å². The highest BCUT2D eigenvalue weighted by molar-refractivity contribution is 5.89. The van der Waals surface area contributed by atoms with Crippen LogP contribution in [0.15, 0.2) is 54.9 Å². The van der Waals surface area contributed by atoms with Gasteiger partial charge in [0.1, 0.15) is 11.6 Å². The van der Waals surface area contributed by atoms with Crippen LogP contribution in [0.2, 0.25) is 0 Å². The van der Waals surface area contributed by atoms with Gasteiger partial charge in [0, 0.05) is 55.0 Å². The van der Waals surface area contributed by atoms with Crippen LogP contribution in [0.1, 0.15) is 25.5 Å². The number of rotatable bonds is 6. The summed E-state index contributed by atoms with van der Waals surface area (Å²) in [4.78, 5) is 28.1. The minimum absolute atomic E-state index is 0.298. The van der Waals surface area contributed by atoms with Crippen LogP contribution in [0.25, 0.3) is 11.4 Å². The van der Waals surface area contributed by atoms with Gasteiger partial charge < -0.3 is 15.5 Å². The van der Waals surface area contributed by atoms with E-state index in [1.54, 1.807) is 24.5 Å². The zero-order chi connectivity index (χ0) is 22.3. The number of aromatic nitrogens is 3. The maximum atomic E-state index is 13.3. The van der Waals surface area contributed by atoms with Gasteiger partial charge in [-0.2, -0.15) is 0 Å². The fraction of sp³-hybridized carbons (Fsp3) is 0.333. The monoisotopic (exact) mass is 434 g/mol. The second-order valence-corrected chi connectivity index (χ2v) is 7.93. The van der Waals surface area contributed by atoms with Gasteiger partial charge in [0.15, 0.2) is 5.82 Å². The predicted molar refractivity (Wildman–Crippen MR) is 123 cm³/mol. The Kier molecular flexibility index (Phi) is 6.89. The van der Waals surface area contributed by atoms with Gasteiger partial charge in [-0.1, -0.05) is 13.0 Å². The molecule has 1 aliphatic heterocycles. The number of amides is 2. The molecule has 2 aromatic heterocycles. The van der Waals surface area contributed by atoms with Crippen LogP contribution in [0.4, 0.5) is 20.7 Å². The zero-order valence-corrected chi connectivity index (χ0v) is 18.1. The first-order valence-electron chi connectivity index (χ1n) is 10.9. The number of benzene rings is 1. The molecule has 7 nitrogen and oxygen atoms in total. The lowest BCUT2D eigenvalue weighted by molar-refractivity contribution is 0.249. The fourth-order valence-electron chi connectivity index (χ4n) is 3.87. The molecule has 1 fully saturated rings. The summed E-state index contributed by atoms with van der Waals surface area (Å²) in [6, 6.07) is 11.4. The van der Waals surface area contributed by atoms with Crippen molar-refractivity contribution in [2.45, 2.75) is 26.2 Å². The summed E-state index contributed by atoms with van der Waals surface area (Å²) in [5.41, 5.74) is 2.38. The fourth-order valence-corrected chi connectivity index (χ4v) is 3.87. The van der Waals surface area contributed by atoms with E-state index in [9.17, 15) is 9.18 Å². The molecule has 0 bridgehead atoms. The van der Waals surface area contributed by atoms with E-state index in [0.29, 0.717) is 24.0 Å². The third kappa shape index (κ3) is 5.57. The highest BCUT2D eigenvalue weighted by Crippen LogP contribution is 2.25. The number of piperidine rings is 1. The molecule has 0 saturated carbocycles. The molecule has 4 rings (SSSR count). The van der Waals surface area contributed by atoms with Gasteiger partial charge in [0.2, 0.25) is 0 Å². The molecule has 2 N–H and O–H groups in total. The van der Waals surface area contributed by atoms with Gasteiger partial charge in [-0.05, 0) is 55.5 Å². The summed E-state index contributed by atoms with van der Waals surface area (Å²) in [6.07, 6.45) is 6.36. The Labute approximate surface area is 187 Å². The Morgan fingerprint density at radius 1 is 1.19 bits per heavy atom. The SMILES string of the molecule is CCc1cc(N2CCCC(CNC(=O)Nc3cccc(F)c3)C2)nc(-c2ccncc2)n1. The molecule has 3 heterocycles. The molecule has 0 aliphatic carbocycles. The van der Waals surface area contributed by atoms with Gasteiger partial charge in [-0.3, -0.25) is 4.98 Å². The average Bonchev–Trinajstić information content (AvgIpc) is 2.83. The number of aryl methyl sites for hydroxylation is 1. The Morgan fingerprint density at radius 2 is 2.03 bits per heavy atom. The quantitative estimate of drug-likeness (QED) is 0.605. The number of pyridine rings is 1. The largest absolute Gasteiger partial charge is 0.356 e. The van der Waals surface area contributed by atoms with Gasteiger partial charge in [-0.25, -0.2) is 19.2 Å². The first-order chi connectivity index (χ1) is 15.6. The average molecular weight is 435 g/mol. The van der Waals surface area contributed by atoms with Crippen LogP contribution in [0.3, 0.4) is 0 Å². The van der Waals surface area contributed by atoms with Gasteiger partial charge in [-0.15, -0.1) is 0 Å². The number of halogens is 1. The number of hydrogen-bond acceptors (Lipinski definition) is 5. The Bertz CT molecular complexity index is 1060. The maximum absolute atomic E-state index is 13.3. The van der Waals surface area contributed by atoms with Crippen LogP contribution in [-0.4, -0.2) is 40.6 Å². The second kappa shape index (κ2) is 10.2. The highest BCUT2D eigenvalue weighted by atomic mass is 19.1. The molecule has 1 atom stereocenters. The van der Waals surface area contributed by atoms with Gasteiger partial charge in [0.25, 0.3) is 0 Å². The molecule has 1 aliphatic rings. The Morgan fingerprint density at radius 3 is 2.81 bits per heavy atom. The molecule has 0 radical (unpaired) electrons. The normalized spacial score (nSPS) is 15.9. The van der Waals surface area contributed by atoms with Crippen molar-refractivity contribution >= 4 is 17.5 Å². The summed E-state index contributed by atoms with van der Waals surface area (Å²) in [6.45, 7) is 4.35. The lowest BCUT2D eigenvalue weighted by Crippen LogP contribution is -2.42. The number of nitrogens with zero attached hydrogens (tertiary/aromatic N) is 4. The van der Waals surface area contributed by atoms with Crippen LogP contribution in [0.5, 0.6) is 0 Å². The Balaban J connectivity index is 1.40. The van der Waals surface area contributed by atoms with Crippen LogP contribution in [-0.2, 0) is 6.42 Å². The van der Waals surface area contributed by atoms with E-state index in [0.717, 1.165) is 49.4 Å².